The van der Waals surface area contributed by atoms with Crippen molar-refractivity contribution in [1.29, 1.82) is 0 Å². The highest BCUT2D eigenvalue weighted by molar-refractivity contribution is 7.07. The van der Waals surface area contributed by atoms with Gasteiger partial charge in [-0.2, -0.15) is 0 Å². The van der Waals surface area contributed by atoms with Crippen molar-refractivity contribution in [2.24, 2.45) is 11.7 Å². The third-order valence-electron chi connectivity index (χ3n) is 4.63. The number of nitrogens with two attached hydrogens (primary N) is 1. The first-order valence-corrected chi connectivity index (χ1v) is 9.68. The highest BCUT2D eigenvalue weighted by Gasteiger charge is 2.35. The Hall–Kier alpha value is -3.01. The smallest absolute Gasteiger partial charge is 0.313 e. The normalized spacial score (nSPS) is 19.1. The number of hydrogen-bond donors (Lipinski definition) is 2. The minimum atomic E-state index is -0.809. The monoisotopic (exact) mass is 403 g/mol. The predicted molar refractivity (Wildman–Crippen MR) is 103 cm³/mol. The van der Waals surface area contributed by atoms with Crippen molar-refractivity contribution in [3.63, 3.8) is 0 Å². The van der Waals surface area contributed by atoms with Gasteiger partial charge < -0.3 is 20.7 Å². The van der Waals surface area contributed by atoms with Gasteiger partial charge in [0.2, 0.25) is 5.88 Å². The second-order valence-corrected chi connectivity index (χ2v) is 7.39. The molecular formula is C18H21N5O4S. The number of amides is 3. The fourth-order valence-corrected chi connectivity index (χ4v) is 3.85. The predicted octanol–water partition coefficient (Wildman–Crippen LogP) is 1.58. The first-order valence-electron chi connectivity index (χ1n) is 8.74. The molecule has 2 aromatic rings. The maximum absolute atomic E-state index is 12.8. The fraction of sp³-hybridized carbons (Fsp3) is 0.389. The summed E-state index contributed by atoms with van der Waals surface area (Å²) in [5, 5.41) is 4.39. The van der Waals surface area contributed by atoms with Gasteiger partial charge in [-0.1, -0.05) is 6.92 Å². The number of primary amides is 1. The molecule has 1 aliphatic rings. The average Bonchev–Trinajstić information content (AvgIpc) is 3.21. The van der Waals surface area contributed by atoms with Crippen molar-refractivity contribution in [1.82, 2.24) is 14.9 Å². The highest BCUT2D eigenvalue weighted by atomic mass is 32.1. The quantitative estimate of drug-likeness (QED) is 0.746. The van der Waals surface area contributed by atoms with E-state index in [-0.39, 0.29) is 29.1 Å². The lowest BCUT2D eigenvalue weighted by molar-refractivity contribution is -0.146. The van der Waals surface area contributed by atoms with E-state index in [2.05, 4.69) is 15.3 Å². The standard InChI is InChI=1S/C18H21N5O4S/c1-10-3-4-14(13-8-28-9-21-13)23(7-10)18(26)16(25)22-11-5-12(15(19)24)17(27-2)20-6-11/h5-6,8-10,14H,3-4,7H2,1-2H3,(H2,19,24)(H,22,25)/t10-,14?/m0/s1. The lowest BCUT2D eigenvalue weighted by Gasteiger charge is -2.37. The van der Waals surface area contributed by atoms with E-state index in [9.17, 15) is 14.4 Å². The Morgan fingerprint density at radius 3 is 2.75 bits per heavy atom. The minimum absolute atomic E-state index is 0.0136. The zero-order valence-corrected chi connectivity index (χ0v) is 16.4. The van der Waals surface area contributed by atoms with E-state index in [4.69, 9.17) is 10.5 Å². The van der Waals surface area contributed by atoms with Crippen molar-refractivity contribution < 1.29 is 19.1 Å². The van der Waals surface area contributed by atoms with Gasteiger partial charge in [-0.3, -0.25) is 14.4 Å². The number of ether oxygens (including phenoxy) is 1. The zero-order chi connectivity index (χ0) is 20.3. The third-order valence-corrected chi connectivity index (χ3v) is 5.24. The molecule has 0 saturated carbocycles. The molecule has 0 aromatic carbocycles. The molecule has 10 heteroatoms. The lowest BCUT2D eigenvalue weighted by atomic mass is 9.92. The van der Waals surface area contributed by atoms with Crippen LogP contribution in [0.3, 0.4) is 0 Å². The van der Waals surface area contributed by atoms with Crippen LogP contribution in [0.15, 0.2) is 23.2 Å². The van der Waals surface area contributed by atoms with Gasteiger partial charge in [-0.15, -0.1) is 11.3 Å². The molecule has 3 N–H and O–H groups in total. The zero-order valence-electron chi connectivity index (χ0n) is 15.5. The number of nitrogens with zero attached hydrogens (tertiary/aromatic N) is 3. The number of aromatic nitrogens is 2. The number of likely N-dealkylation sites (tertiary alicyclic amines) is 1. The Morgan fingerprint density at radius 1 is 1.32 bits per heavy atom. The summed E-state index contributed by atoms with van der Waals surface area (Å²) in [7, 11) is 1.35. The number of thiazole rings is 1. The molecule has 148 valence electrons. The number of methoxy groups -OCH3 is 1. The van der Waals surface area contributed by atoms with Gasteiger partial charge in [-0.05, 0) is 24.8 Å². The number of rotatable bonds is 4. The molecule has 0 aliphatic carbocycles. The van der Waals surface area contributed by atoms with Gasteiger partial charge in [0.1, 0.15) is 5.56 Å². The molecule has 2 atom stereocenters. The van der Waals surface area contributed by atoms with Crippen molar-refractivity contribution in [3.8, 4) is 5.88 Å². The molecule has 1 saturated heterocycles. The first-order chi connectivity index (χ1) is 13.4. The second-order valence-electron chi connectivity index (χ2n) is 6.67. The topological polar surface area (TPSA) is 128 Å². The van der Waals surface area contributed by atoms with Crippen LogP contribution >= 0.6 is 11.3 Å². The number of carbonyl (C=O) groups is 3. The van der Waals surface area contributed by atoms with Gasteiger partial charge >= 0.3 is 11.8 Å². The van der Waals surface area contributed by atoms with E-state index in [1.807, 2.05) is 12.3 Å². The van der Waals surface area contributed by atoms with E-state index in [1.54, 1.807) is 10.4 Å². The summed E-state index contributed by atoms with van der Waals surface area (Å²) in [4.78, 5) is 46.7. The summed E-state index contributed by atoms with van der Waals surface area (Å²) < 4.78 is 4.97. The van der Waals surface area contributed by atoms with Crippen LogP contribution in [0.1, 0.15) is 41.9 Å². The van der Waals surface area contributed by atoms with Crippen molar-refractivity contribution in [2.45, 2.75) is 25.8 Å². The molecule has 3 rings (SSSR count). The van der Waals surface area contributed by atoms with E-state index in [0.29, 0.717) is 6.54 Å². The Kier molecular flexibility index (Phi) is 5.88. The molecule has 28 heavy (non-hydrogen) atoms. The largest absolute Gasteiger partial charge is 0.480 e. The summed E-state index contributed by atoms with van der Waals surface area (Å²) in [6.45, 7) is 2.52. The Labute approximate surface area is 165 Å². The number of hydrogen-bond acceptors (Lipinski definition) is 7. The molecule has 1 fully saturated rings. The maximum atomic E-state index is 12.8. The van der Waals surface area contributed by atoms with Crippen LogP contribution in [0.5, 0.6) is 5.88 Å². The summed E-state index contributed by atoms with van der Waals surface area (Å²) in [6, 6.07) is 1.10. The number of nitrogens with one attached hydrogen (secondary N) is 1. The van der Waals surface area contributed by atoms with Crippen LogP contribution in [-0.4, -0.2) is 46.2 Å². The van der Waals surface area contributed by atoms with Gasteiger partial charge in [0.05, 0.1) is 36.2 Å². The molecule has 0 radical (unpaired) electrons. The van der Waals surface area contributed by atoms with Crippen LogP contribution in [0.25, 0.3) is 0 Å². The first kappa shape index (κ1) is 19.7. The van der Waals surface area contributed by atoms with E-state index in [1.165, 1.54) is 30.7 Å². The van der Waals surface area contributed by atoms with Gasteiger partial charge in [0.15, 0.2) is 0 Å². The maximum Gasteiger partial charge on any atom is 0.313 e. The molecule has 9 nitrogen and oxygen atoms in total. The number of piperidine rings is 1. The molecule has 3 heterocycles. The van der Waals surface area contributed by atoms with Gasteiger partial charge in [0.25, 0.3) is 5.91 Å². The van der Waals surface area contributed by atoms with Crippen LogP contribution < -0.4 is 15.8 Å². The molecule has 3 amide bonds. The Morgan fingerprint density at radius 2 is 2.11 bits per heavy atom. The fourth-order valence-electron chi connectivity index (χ4n) is 3.25. The van der Waals surface area contributed by atoms with Crippen LogP contribution in [0, 0.1) is 5.92 Å². The summed E-state index contributed by atoms with van der Waals surface area (Å²) in [5.41, 5.74) is 8.00. The van der Waals surface area contributed by atoms with Gasteiger partial charge in [-0.25, -0.2) is 9.97 Å². The molecular weight excluding hydrogens is 382 g/mol. The van der Waals surface area contributed by atoms with Crippen molar-refractivity contribution in [2.75, 3.05) is 19.0 Å². The van der Waals surface area contributed by atoms with Crippen molar-refractivity contribution in [3.05, 3.63) is 34.4 Å². The Bertz CT molecular complexity index is 886. The van der Waals surface area contributed by atoms with Crippen LogP contribution in [0.2, 0.25) is 0 Å². The van der Waals surface area contributed by atoms with E-state index < -0.39 is 17.7 Å². The minimum Gasteiger partial charge on any atom is -0.480 e. The molecule has 1 aliphatic heterocycles. The Balaban J connectivity index is 1.78. The average molecular weight is 403 g/mol. The third kappa shape index (κ3) is 4.11. The number of pyridine rings is 1. The molecule has 0 spiro atoms. The SMILES string of the molecule is COc1ncc(NC(=O)C(=O)N2C[C@@H](C)CCC2c2cscn2)cc1C(N)=O. The molecule has 1 unspecified atom stereocenters. The van der Waals surface area contributed by atoms with Crippen molar-refractivity contribution >= 4 is 34.7 Å². The van der Waals surface area contributed by atoms with Crippen LogP contribution in [-0.2, 0) is 9.59 Å². The van der Waals surface area contributed by atoms with Gasteiger partial charge in [0, 0.05) is 11.9 Å². The number of anilines is 1. The number of carbonyl (C=O) groups excluding carboxylic acids is 3. The molecule has 2 aromatic heterocycles. The highest BCUT2D eigenvalue weighted by Crippen LogP contribution is 2.33. The second kappa shape index (κ2) is 8.34. The van der Waals surface area contributed by atoms with E-state index >= 15 is 0 Å². The summed E-state index contributed by atoms with van der Waals surface area (Å²) in [6.07, 6.45) is 3.00. The summed E-state index contributed by atoms with van der Waals surface area (Å²) >= 11 is 1.45. The summed E-state index contributed by atoms with van der Waals surface area (Å²) in [5.74, 6) is -1.88. The van der Waals surface area contributed by atoms with Crippen LogP contribution in [0.4, 0.5) is 5.69 Å². The lowest BCUT2D eigenvalue weighted by Crippen LogP contribution is -2.46. The molecule has 0 bridgehead atoms. The van der Waals surface area contributed by atoms with E-state index in [0.717, 1.165) is 18.5 Å².